The molecule has 21 heavy (non-hydrogen) atoms. The Morgan fingerprint density at radius 3 is 2.71 bits per heavy atom. The molecule has 1 atom stereocenters. The number of carboxylic acid groups (broad SMARTS) is 1. The molecule has 9 heteroatoms. The third-order valence-electron chi connectivity index (χ3n) is 2.33. The van der Waals surface area contributed by atoms with Gasteiger partial charge in [-0.05, 0) is 6.07 Å². The van der Waals surface area contributed by atoms with Gasteiger partial charge in [-0.1, -0.05) is 11.6 Å². The molecule has 0 aromatic heterocycles. The fourth-order valence-corrected chi connectivity index (χ4v) is 1.52. The number of rotatable bonds is 5. The molecule has 1 aromatic rings. The van der Waals surface area contributed by atoms with Crippen LogP contribution in [0.2, 0.25) is 5.02 Å². The summed E-state index contributed by atoms with van der Waals surface area (Å²) in [6.45, 7) is 0. The van der Waals surface area contributed by atoms with E-state index in [4.69, 9.17) is 23.1 Å². The van der Waals surface area contributed by atoms with Crippen molar-refractivity contribution in [1.29, 1.82) is 0 Å². The molecule has 8 nitrogen and oxygen atoms in total. The number of anilines is 1. The van der Waals surface area contributed by atoms with Crippen molar-refractivity contribution < 1.29 is 19.6 Å². The number of hydrogen-bond donors (Lipinski definition) is 3. The molecule has 0 aliphatic heterocycles. The zero-order valence-corrected chi connectivity index (χ0v) is 11.3. The van der Waals surface area contributed by atoms with Crippen molar-refractivity contribution in [1.82, 2.24) is 5.32 Å². The van der Waals surface area contributed by atoms with Gasteiger partial charge in [-0.25, -0.2) is 9.59 Å². The first-order valence-electron chi connectivity index (χ1n) is 5.53. The predicted octanol–water partition coefficient (Wildman–Crippen LogP) is 1.85. The first-order chi connectivity index (χ1) is 9.85. The molecule has 1 rings (SSSR count). The van der Waals surface area contributed by atoms with E-state index in [9.17, 15) is 19.7 Å². The molecule has 110 valence electrons. The quantitative estimate of drug-likeness (QED) is 0.435. The van der Waals surface area contributed by atoms with Crippen LogP contribution in [0.1, 0.15) is 6.42 Å². The van der Waals surface area contributed by atoms with E-state index in [1.54, 1.807) is 0 Å². The van der Waals surface area contributed by atoms with Gasteiger partial charge < -0.3 is 15.7 Å². The minimum atomic E-state index is -1.30. The van der Waals surface area contributed by atoms with Crippen molar-refractivity contribution >= 4 is 35.0 Å². The third kappa shape index (κ3) is 4.67. The van der Waals surface area contributed by atoms with Crippen molar-refractivity contribution in [3.8, 4) is 12.3 Å². The second-order valence-corrected chi connectivity index (χ2v) is 4.23. The van der Waals surface area contributed by atoms with Gasteiger partial charge in [0, 0.05) is 18.6 Å². The van der Waals surface area contributed by atoms with E-state index in [0.717, 1.165) is 6.07 Å². The summed E-state index contributed by atoms with van der Waals surface area (Å²) in [5.74, 6) is 0.817. The second kappa shape index (κ2) is 7.12. The predicted molar refractivity (Wildman–Crippen MR) is 75.1 cm³/mol. The zero-order chi connectivity index (χ0) is 16.0. The number of urea groups is 1. The summed E-state index contributed by atoms with van der Waals surface area (Å²) in [5.41, 5.74) is -0.290. The summed E-state index contributed by atoms with van der Waals surface area (Å²) in [7, 11) is 0. The van der Waals surface area contributed by atoms with Crippen molar-refractivity contribution in [2.75, 3.05) is 5.32 Å². The van der Waals surface area contributed by atoms with Gasteiger partial charge in [0.05, 0.1) is 15.6 Å². The van der Waals surface area contributed by atoms with Crippen LogP contribution >= 0.6 is 11.6 Å². The van der Waals surface area contributed by atoms with Crippen molar-refractivity contribution in [2.24, 2.45) is 0 Å². The first-order valence-corrected chi connectivity index (χ1v) is 5.90. The molecular weight excluding hydrogens is 302 g/mol. The molecule has 1 unspecified atom stereocenters. The fraction of sp³-hybridized carbons (Fsp3) is 0.167. The minimum absolute atomic E-state index is 0.0202. The number of carbonyl (C=O) groups is 2. The number of non-ortho nitro benzene ring substituents is 1. The van der Waals surface area contributed by atoms with Gasteiger partial charge in [0.15, 0.2) is 0 Å². The molecule has 0 saturated carbocycles. The number of carboxylic acids is 1. The van der Waals surface area contributed by atoms with E-state index in [1.165, 1.54) is 12.1 Å². The summed E-state index contributed by atoms with van der Waals surface area (Å²) in [4.78, 5) is 32.5. The summed E-state index contributed by atoms with van der Waals surface area (Å²) < 4.78 is 0. The standard InChI is InChI=1S/C12H10ClN3O5/c1-2-3-9(11(17)18)14-12(19)15-10-6-7(16(20)21)4-5-8(10)13/h1,4-6,9H,3H2,(H,17,18)(H2,14,15,19). The van der Waals surface area contributed by atoms with Crippen LogP contribution in [0, 0.1) is 22.5 Å². The summed E-state index contributed by atoms with van der Waals surface area (Å²) in [6.07, 6.45) is 4.79. The number of nitrogens with zero attached hydrogens (tertiary/aromatic N) is 1. The number of aliphatic carboxylic acids is 1. The van der Waals surface area contributed by atoms with Gasteiger partial charge in [-0.3, -0.25) is 10.1 Å². The van der Waals surface area contributed by atoms with Crippen LogP contribution < -0.4 is 10.6 Å². The Morgan fingerprint density at radius 1 is 1.52 bits per heavy atom. The van der Waals surface area contributed by atoms with Crippen LogP contribution in [0.25, 0.3) is 0 Å². The van der Waals surface area contributed by atoms with E-state index in [-0.39, 0.29) is 22.8 Å². The molecule has 2 amide bonds. The van der Waals surface area contributed by atoms with Gasteiger partial charge in [0.2, 0.25) is 0 Å². The van der Waals surface area contributed by atoms with Crippen LogP contribution in [0.15, 0.2) is 18.2 Å². The SMILES string of the molecule is C#CCC(NC(=O)Nc1cc([N+](=O)[O-])ccc1Cl)C(=O)O. The Morgan fingerprint density at radius 2 is 2.19 bits per heavy atom. The average Bonchev–Trinajstić information content (AvgIpc) is 2.40. The average molecular weight is 312 g/mol. The number of nitrogens with one attached hydrogen (secondary N) is 2. The second-order valence-electron chi connectivity index (χ2n) is 3.82. The Bertz CT molecular complexity index is 626. The van der Waals surface area contributed by atoms with E-state index in [0.29, 0.717) is 0 Å². The molecule has 1 aromatic carbocycles. The van der Waals surface area contributed by atoms with E-state index in [2.05, 4.69) is 16.6 Å². The first kappa shape index (κ1) is 16.3. The molecule has 0 aliphatic rings. The maximum atomic E-state index is 11.7. The van der Waals surface area contributed by atoms with Crippen LogP contribution in [-0.2, 0) is 4.79 Å². The fourth-order valence-electron chi connectivity index (χ4n) is 1.36. The highest BCUT2D eigenvalue weighted by atomic mass is 35.5. The van der Waals surface area contributed by atoms with E-state index < -0.39 is 23.0 Å². The molecule has 3 N–H and O–H groups in total. The van der Waals surface area contributed by atoms with E-state index in [1.807, 2.05) is 0 Å². The third-order valence-corrected chi connectivity index (χ3v) is 2.66. The van der Waals surface area contributed by atoms with Crippen molar-refractivity contribution in [2.45, 2.75) is 12.5 Å². The number of halogens is 1. The Labute approximate surface area is 124 Å². The Kier molecular flexibility index (Phi) is 5.51. The molecular formula is C12H10ClN3O5. The van der Waals surface area contributed by atoms with Crippen LogP contribution in [0.4, 0.5) is 16.2 Å². The largest absolute Gasteiger partial charge is 0.480 e. The molecule has 0 aliphatic carbocycles. The number of nitro groups is 1. The molecule has 0 fully saturated rings. The lowest BCUT2D eigenvalue weighted by molar-refractivity contribution is -0.384. The lowest BCUT2D eigenvalue weighted by Crippen LogP contribution is -2.42. The van der Waals surface area contributed by atoms with Crippen molar-refractivity contribution in [3.63, 3.8) is 0 Å². The van der Waals surface area contributed by atoms with Gasteiger partial charge in [0.1, 0.15) is 6.04 Å². The Balaban J connectivity index is 2.83. The smallest absolute Gasteiger partial charge is 0.327 e. The maximum Gasteiger partial charge on any atom is 0.327 e. The minimum Gasteiger partial charge on any atom is -0.480 e. The normalized spacial score (nSPS) is 11.0. The molecule has 0 saturated heterocycles. The number of hydrogen-bond acceptors (Lipinski definition) is 4. The summed E-state index contributed by atoms with van der Waals surface area (Å²) in [6, 6.07) is 1.31. The lowest BCUT2D eigenvalue weighted by atomic mass is 10.2. The number of carbonyl (C=O) groups excluding carboxylic acids is 1. The molecule has 0 heterocycles. The van der Waals surface area contributed by atoms with Gasteiger partial charge in [-0.2, -0.15) is 0 Å². The topological polar surface area (TPSA) is 122 Å². The van der Waals surface area contributed by atoms with Crippen LogP contribution in [-0.4, -0.2) is 28.1 Å². The molecule has 0 bridgehead atoms. The van der Waals surface area contributed by atoms with Crippen LogP contribution in [0.5, 0.6) is 0 Å². The lowest BCUT2D eigenvalue weighted by Gasteiger charge is -2.13. The number of nitro benzene ring substituents is 1. The molecule has 0 spiro atoms. The van der Waals surface area contributed by atoms with Crippen LogP contribution in [0.3, 0.4) is 0 Å². The highest BCUT2D eigenvalue weighted by Gasteiger charge is 2.19. The van der Waals surface area contributed by atoms with E-state index >= 15 is 0 Å². The monoisotopic (exact) mass is 311 g/mol. The zero-order valence-electron chi connectivity index (χ0n) is 10.5. The number of benzene rings is 1. The highest BCUT2D eigenvalue weighted by Crippen LogP contribution is 2.26. The van der Waals surface area contributed by atoms with Gasteiger partial charge in [0.25, 0.3) is 5.69 Å². The Hall–Kier alpha value is -2.79. The summed E-state index contributed by atoms with van der Waals surface area (Å²) >= 11 is 5.79. The van der Waals surface area contributed by atoms with Crippen molar-refractivity contribution in [3.05, 3.63) is 33.3 Å². The maximum absolute atomic E-state index is 11.7. The highest BCUT2D eigenvalue weighted by molar-refractivity contribution is 6.33. The number of terminal acetylenes is 1. The summed E-state index contributed by atoms with van der Waals surface area (Å²) in [5, 5.41) is 23.9. The molecule has 0 radical (unpaired) electrons. The van der Waals surface area contributed by atoms with Gasteiger partial charge >= 0.3 is 12.0 Å². The number of amides is 2. The van der Waals surface area contributed by atoms with Gasteiger partial charge in [-0.15, -0.1) is 12.3 Å².